The van der Waals surface area contributed by atoms with Crippen LogP contribution in [0.1, 0.15) is 28.7 Å². The molecule has 0 saturated carbocycles. The fourth-order valence-corrected chi connectivity index (χ4v) is 5.51. The van der Waals surface area contributed by atoms with Gasteiger partial charge in [-0.15, -0.1) is 0 Å². The van der Waals surface area contributed by atoms with Gasteiger partial charge in [0.15, 0.2) is 11.6 Å². The summed E-state index contributed by atoms with van der Waals surface area (Å²) >= 11 is 0. The molecule has 0 N–H and O–H groups in total. The minimum atomic E-state index is -3.64. The average Bonchev–Trinajstić information content (AvgIpc) is 3.22. The van der Waals surface area contributed by atoms with Crippen LogP contribution in [0.25, 0.3) is 5.82 Å². The molecule has 4 rings (SSSR count). The van der Waals surface area contributed by atoms with Gasteiger partial charge in [-0.1, -0.05) is 5.16 Å². The maximum Gasteiger partial charge on any atom is 0.248 e. The monoisotopic (exact) mass is 431 g/mol. The van der Waals surface area contributed by atoms with E-state index in [1.807, 2.05) is 32.9 Å². The molecular formula is C19H25N7O3S. The Kier molecular flexibility index (Phi) is 5.10. The van der Waals surface area contributed by atoms with Crippen molar-refractivity contribution in [3.05, 3.63) is 40.8 Å². The van der Waals surface area contributed by atoms with E-state index in [9.17, 15) is 8.42 Å². The Morgan fingerprint density at radius 3 is 2.17 bits per heavy atom. The lowest BCUT2D eigenvalue weighted by atomic mass is 10.3. The normalized spacial score (nSPS) is 15.7. The predicted octanol–water partition coefficient (Wildman–Crippen LogP) is 1.70. The van der Waals surface area contributed by atoms with E-state index in [1.54, 1.807) is 18.5 Å². The predicted molar refractivity (Wildman–Crippen MR) is 110 cm³/mol. The third-order valence-corrected chi connectivity index (χ3v) is 7.31. The molecule has 4 heterocycles. The van der Waals surface area contributed by atoms with Crippen molar-refractivity contribution < 1.29 is 12.9 Å². The number of piperazine rings is 1. The molecule has 0 unspecified atom stereocenters. The molecule has 3 aromatic heterocycles. The minimum Gasteiger partial charge on any atom is -0.360 e. The van der Waals surface area contributed by atoms with Crippen molar-refractivity contribution in [3.8, 4) is 5.82 Å². The van der Waals surface area contributed by atoms with Gasteiger partial charge in [-0.2, -0.15) is 9.40 Å². The molecule has 0 amide bonds. The highest BCUT2D eigenvalue weighted by molar-refractivity contribution is 7.89. The summed E-state index contributed by atoms with van der Waals surface area (Å²) in [6, 6.07) is 3.89. The molecule has 1 aliphatic rings. The molecule has 3 aromatic rings. The largest absolute Gasteiger partial charge is 0.360 e. The number of hydrogen-bond donors (Lipinski definition) is 0. The molecule has 11 heteroatoms. The first-order chi connectivity index (χ1) is 14.2. The topological polar surface area (TPSA) is 110 Å². The van der Waals surface area contributed by atoms with Gasteiger partial charge in [-0.05, 0) is 40.7 Å². The summed E-state index contributed by atoms with van der Waals surface area (Å²) in [5, 5.41) is 8.28. The Morgan fingerprint density at radius 2 is 1.60 bits per heavy atom. The van der Waals surface area contributed by atoms with Crippen LogP contribution < -0.4 is 4.90 Å². The summed E-state index contributed by atoms with van der Waals surface area (Å²) in [5.74, 6) is 2.42. The first-order valence-corrected chi connectivity index (χ1v) is 11.2. The molecule has 0 radical (unpaired) electrons. The van der Waals surface area contributed by atoms with Crippen molar-refractivity contribution >= 4 is 15.8 Å². The Balaban J connectivity index is 1.56. The van der Waals surface area contributed by atoms with Gasteiger partial charge in [0.1, 0.15) is 22.2 Å². The first-order valence-electron chi connectivity index (χ1n) is 9.74. The smallest absolute Gasteiger partial charge is 0.248 e. The fourth-order valence-electron chi connectivity index (χ4n) is 3.80. The lowest BCUT2D eigenvalue weighted by molar-refractivity contribution is 0.377. The van der Waals surface area contributed by atoms with Crippen molar-refractivity contribution in [1.82, 2.24) is 29.2 Å². The zero-order chi connectivity index (χ0) is 21.6. The van der Waals surface area contributed by atoms with Gasteiger partial charge in [0, 0.05) is 37.9 Å². The standard InChI is InChI=1S/C19H25N7O3S/c1-12-10-13(2)26(22-12)18-11-17(20-16(5)21-18)24-6-8-25(9-7-24)30(27,28)19-14(3)23-29-15(19)4/h10-11H,6-9H2,1-5H3. The third-order valence-electron chi connectivity index (χ3n) is 5.17. The molecule has 1 fully saturated rings. The van der Waals surface area contributed by atoms with E-state index >= 15 is 0 Å². The molecule has 0 aliphatic carbocycles. The third kappa shape index (κ3) is 3.58. The molecule has 0 spiro atoms. The van der Waals surface area contributed by atoms with Gasteiger partial charge in [-0.25, -0.2) is 23.1 Å². The Labute approximate surface area is 175 Å². The van der Waals surface area contributed by atoms with Gasteiger partial charge in [-0.3, -0.25) is 0 Å². The summed E-state index contributed by atoms with van der Waals surface area (Å²) in [6.45, 7) is 10.8. The highest BCUT2D eigenvalue weighted by Gasteiger charge is 2.33. The second-order valence-corrected chi connectivity index (χ2v) is 9.39. The van der Waals surface area contributed by atoms with Crippen LogP contribution in [0.15, 0.2) is 21.6 Å². The van der Waals surface area contributed by atoms with Gasteiger partial charge in [0.05, 0.1) is 5.69 Å². The van der Waals surface area contributed by atoms with Crippen molar-refractivity contribution in [2.24, 2.45) is 0 Å². The summed E-state index contributed by atoms with van der Waals surface area (Å²) in [6.07, 6.45) is 0. The van der Waals surface area contributed by atoms with Crippen LogP contribution in [0, 0.1) is 34.6 Å². The molecule has 10 nitrogen and oxygen atoms in total. The van der Waals surface area contributed by atoms with Crippen molar-refractivity contribution in [1.29, 1.82) is 0 Å². The Hall–Kier alpha value is -2.79. The van der Waals surface area contributed by atoms with E-state index in [-0.39, 0.29) is 4.90 Å². The molecule has 160 valence electrons. The second kappa shape index (κ2) is 7.47. The second-order valence-electron chi connectivity index (χ2n) is 7.51. The lowest BCUT2D eigenvalue weighted by Crippen LogP contribution is -2.49. The van der Waals surface area contributed by atoms with Crippen molar-refractivity contribution in [2.75, 3.05) is 31.1 Å². The molecule has 30 heavy (non-hydrogen) atoms. The van der Waals surface area contributed by atoms with Crippen LogP contribution >= 0.6 is 0 Å². The van der Waals surface area contributed by atoms with Crippen LogP contribution in [0.4, 0.5) is 5.82 Å². The highest BCUT2D eigenvalue weighted by atomic mass is 32.2. The maximum absolute atomic E-state index is 13.0. The minimum absolute atomic E-state index is 0.167. The van der Waals surface area contributed by atoms with E-state index in [1.165, 1.54) is 4.31 Å². The Bertz CT molecular complexity index is 1170. The quantitative estimate of drug-likeness (QED) is 0.614. The number of hydrogen-bond acceptors (Lipinski definition) is 8. The lowest BCUT2D eigenvalue weighted by Gasteiger charge is -2.34. The number of sulfonamides is 1. The molecular weight excluding hydrogens is 406 g/mol. The van der Waals surface area contributed by atoms with E-state index in [2.05, 4.69) is 25.1 Å². The Morgan fingerprint density at radius 1 is 0.933 bits per heavy atom. The van der Waals surface area contributed by atoms with E-state index in [0.717, 1.165) is 17.2 Å². The summed E-state index contributed by atoms with van der Waals surface area (Å²) in [4.78, 5) is 11.3. The molecule has 0 bridgehead atoms. The number of aromatic nitrogens is 5. The van der Waals surface area contributed by atoms with E-state index in [4.69, 9.17) is 4.52 Å². The van der Waals surface area contributed by atoms with Crippen LogP contribution in [0.3, 0.4) is 0 Å². The van der Waals surface area contributed by atoms with Crippen molar-refractivity contribution in [2.45, 2.75) is 39.5 Å². The van der Waals surface area contributed by atoms with Crippen molar-refractivity contribution in [3.63, 3.8) is 0 Å². The number of aryl methyl sites for hydroxylation is 5. The molecule has 1 saturated heterocycles. The fraction of sp³-hybridized carbons (Fsp3) is 0.474. The summed E-state index contributed by atoms with van der Waals surface area (Å²) in [7, 11) is -3.64. The molecule has 1 aliphatic heterocycles. The van der Waals surface area contributed by atoms with Crippen LogP contribution in [-0.4, -0.2) is 63.8 Å². The SMILES string of the molecule is Cc1cc(C)n(-c2cc(N3CCN(S(=O)(=O)c4c(C)noc4C)CC3)nc(C)n2)n1. The molecule has 0 atom stereocenters. The van der Waals surface area contributed by atoms with Crippen LogP contribution in [0.5, 0.6) is 0 Å². The molecule has 0 aromatic carbocycles. The van der Waals surface area contributed by atoms with E-state index in [0.29, 0.717) is 49.3 Å². The number of nitrogens with zero attached hydrogens (tertiary/aromatic N) is 7. The first kappa shape index (κ1) is 20.5. The zero-order valence-corrected chi connectivity index (χ0v) is 18.6. The summed E-state index contributed by atoms with van der Waals surface area (Å²) < 4.78 is 34.4. The van der Waals surface area contributed by atoms with Crippen LogP contribution in [-0.2, 0) is 10.0 Å². The summed E-state index contributed by atoms with van der Waals surface area (Å²) in [5.41, 5.74) is 2.30. The average molecular weight is 432 g/mol. The van der Waals surface area contributed by atoms with Gasteiger partial charge >= 0.3 is 0 Å². The van der Waals surface area contributed by atoms with Crippen LogP contribution in [0.2, 0.25) is 0 Å². The number of anilines is 1. The van der Waals surface area contributed by atoms with Gasteiger partial charge in [0.25, 0.3) is 0 Å². The van der Waals surface area contributed by atoms with Gasteiger partial charge in [0.2, 0.25) is 10.0 Å². The highest BCUT2D eigenvalue weighted by Crippen LogP contribution is 2.25. The maximum atomic E-state index is 13.0. The van der Waals surface area contributed by atoms with Gasteiger partial charge < -0.3 is 9.42 Å². The number of rotatable bonds is 4. The zero-order valence-electron chi connectivity index (χ0n) is 17.7. The van der Waals surface area contributed by atoms with E-state index < -0.39 is 10.0 Å².